The molecule has 0 radical (unpaired) electrons. The molecule has 3 nitrogen and oxygen atoms in total. The fourth-order valence-corrected chi connectivity index (χ4v) is 1.97. The van der Waals surface area contributed by atoms with E-state index in [9.17, 15) is 4.79 Å². The van der Waals surface area contributed by atoms with Gasteiger partial charge in [0.2, 0.25) is 5.91 Å². The zero-order chi connectivity index (χ0) is 10.6. The van der Waals surface area contributed by atoms with E-state index in [4.69, 9.17) is 5.73 Å². The molecule has 1 saturated carbocycles. The topological polar surface area (TPSA) is 46.3 Å². The van der Waals surface area contributed by atoms with Crippen LogP contribution >= 0.6 is 0 Å². The van der Waals surface area contributed by atoms with E-state index in [2.05, 4.69) is 0 Å². The smallest absolute Gasteiger partial charge is 0.222 e. The number of carbonyl (C=O) groups is 1. The first kappa shape index (κ1) is 11.5. The van der Waals surface area contributed by atoms with Crippen LogP contribution in [-0.2, 0) is 4.79 Å². The van der Waals surface area contributed by atoms with E-state index in [-0.39, 0.29) is 5.91 Å². The Balaban J connectivity index is 2.27. The van der Waals surface area contributed by atoms with E-state index >= 15 is 0 Å². The molecule has 1 fully saturated rings. The number of rotatable bonds is 3. The third kappa shape index (κ3) is 3.29. The molecule has 0 saturated heterocycles. The Labute approximate surface area is 86.6 Å². The van der Waals surface area contributed by atoms with E-state index < -0.39 is 0 Å². The van der Waals surface area contributed by atoms with Crippen LogP contribution in [0.1, 0.15) is 39.0 Å². The SMILES string of the molecule is CCN(C)C(=O)CC1CCC(N)CC1. The highest BCUT2D eigenvalue weighted by atomic mass is 16.2. The number of carbonyl (C=O) groups excluding carboxylic acids is 1. The maximum absolute atomic E-state index is 11.6. The third-order valence-electron chi connectivity index (χ3n) is 3.25. The molecule has 0 heterocycles. The summed E-state index contributed by atoms with van der Waals surface area (Å²) < 4.78 is 0. The first-order chi connectivity index (χ1) is 6.63. The Kier molecular flexibility index (Phi) is 4.39. The van der Waals surface area contributed by atoms with Crippen LogP contribution in [0.3, 0.4) is 0 Å². The van der Waals surface area contributed by atoms with Crippen molar-refractivity contribution < 1.29 is 4.79 Å². The fraction of sp³-hybridized carbons (Fsp3) is 0.909. The molecule has 1 amide bonds. The number of nitrogens with two attached hydrogens (primary N) is 1. The van der Waals surface area contributed by atoms with Gasteiger partial charge in [-0.25, -0.2) is 0 Å². The average Bonchev–Trinajstić information content (AvgIpc) is 2.20. The number of hydrogen-bond acceptors (Lipinski definition) is 2. The largest absolute Gasteiger partial charge is 0.346 e. The molecule has 0 aromatic carbocycles. The molecule has 2 N–H and O–H groups in total. The molecular formula is C11H22N2O. The Morgan fingerprint density at radius 3 is 2.43 bits per heavy atom. The molecule has 0 aromatic rings. The molecule has 0 aromatic heterocycles. The quantitative estimate of drug-likeness (QED) is 0.744. The van der Waals surface area contributed by atoms with Crippen molar-refractivity contribution in [3.63, 3.8) is 0 Å². The predicted molar refractivity (Wildman–Crippen MR) is 57.9 cm³/mol. The molecule has 1 aliphatic rings. The van der Waals surface area contributed by atoms with Crippen molar-refractivity contribution in [2.24, 2.45) is 11.7 Å². The van der Waals surface area contributed by atoms with Gasteiger partial charge in [-0.2, -0.15) is 0 Å². The van der Waals surface area contributed by atoms with Crippen molar-refractivity contribution in [2.45, 2.75) is 45.1 Å². The van der Waals surface area contributed by atoms with Crippen LogP contribution in [0.25, 0.3) is 0 Å². The van der Waals surface area contributed by atoms with Crippen LogP contribution in [0.2, 0.25) is 0 Å². The minimum Gasteiger partial charge on any atom is -0.346 e. The molecule has 0 aliphatic heterocycles. The van der Waals surface area contributed by atoms with Gasteiger partial charge in [0, 0.05) is 26.1 Å². The van der Waals surface area contributed by atoms with Crippen LogP contribution in [-0.4, -0.2) is 30.4 Å². The minimum atomic E-state index is 0.285. The lowest BCUT2D eigenvalue weighted by Crippen LogP contribution is -2.31. The number of hydrogen-bond donors (Lipinski definition) is 1. The van der Waals surface area contributed by atoms with E-state index in [1.54, 1.807) is 4.90 Å². The zero-order valence-electron chi connectivity index (χ0n) is 9.33. The summed E-state index contributed by atoms with van der Waals surface area (Å²) >= 11 is 0. The van der Waals surface area contributed by atoms with Crippen molar-refractivity contribution in [3.8, 4) is 0 Å². The van der Waals surface area contributed by atoms with Gasteiger partial charge < -0.3 is 10.6 Å². The molecule has 0 spiro atoms. The predicted octanol–water partition coefficient (Wildman–Crippen LogP) is 1.37. The maximum atomic E-state index is 11.6. The van der Waals surface area contributed by atoms with Gasteiger partial charge in [-0.15, -0.1) is 0 Å². The molecular weight excluding hydrogens is 176 g/mol. The summed E-state index contributed by atoms with van der Waals surface area (Å²) in [6, 6.07) is 0.380. The van der Waals surface area contributed by atoms with Crippen molar-refractivity contribution in [2.75, 3.05) is 13.6 Å². The molecule has 1 aliphatic carbocycles. The molecule has 14 heavy (non-hydrogen) atoms. The van der Waals surface area contributed by atoms with E-state index in [0.717, 1.165) is 38.6 Å². The van der Waals surface area contributed by atoms with Gasteiger partial charge in [0.15, 0.2) is 0 Å². The Morgan fingerprint density at radius 2 is 1.93 bits per heavy atom. The lowest BCUT2D eigenvalue weighted by atomic mass is 9.84. The van der Waals surface area contributed by atoms with Gasteiger partial charge in [-0.3, -0.25) is 4.79 Å². The maximum Gasteiger partial charge on any atom is 0.222 e. The van der Waals surface area contributed by atoms with Crippen molar-refractivity contribution in [1.29, 1.82) is 0 Å². The van der Waals surface area contributed by atoms with Gasteiger partial charge in [-0.1, -0.05) is 0 Å². The zero-order valence-corrected chi connectivity index (χ0v) is 9.33. The first-order valence-electron chi connectivity index (χ1n) is 5.63. The Morgan fingerprint density at radius 1 is 1.36 bits per heavy atom. The monoisotopic (exact) mass is 198 g/mol. The van der Waals surface area contributed by atoms with Gasteiger partial charge in [-0.05, 0) is 38.5 Å². The van der Waals surface area contributed by atoms with Gasteiger partial charge in [0.25, 0.3) is 0 Å². The highest BCUT2D eigenvalue weighted by Crippen LogP contribution is 2.26. The second-order valence-corrected chi connectivity index (χ2v) is 4.39. The van der Waals surface area contributed by atoms with Crippen molar-refractivity contribution >= 4 is 5.91 Å². The highest BCUT2D eigenvalue weighted by molar-refractivity contribution is 5.76. The first-order valence-corrected chi connectivity index (χ1v) is 5.63. The van der Waals surface area contributed by atoms with Crippen molar-refractivity contribution in [1.82, 2.24) is 4.90 Å². The highest BCUT2D eigenvalue weighted by Gasteiger charge is 2.21. The molecule has 0 atom stereocenters. The van der Waals surface area contributed by atoms with E-state index in [0.29, 0.717) is 12.0 Å². The van der Waals surface area contributed by atoms with Gasteiger partial charge in [0.05, 0.1) is 0 Å². The molecule has 0 unspecified atom stereocenters. The molecule has 82 valence electrons. The molecule has 3 heteroatoms. The van der Waals surface area contributed by atoms with E-state index in [1.165, 1.54) is 0 Å². The summed E-state index contributed by atoms with van der Waals surface area (Å²) in [4.78, 5) is 13.4. The summed E-state index contributed by atoms with van der Waals surface area (Å²) in [5.74, 6) is 0.865. The normalized spacial score (nSPS) is 27.4. The Bertz CT molecular complexity index is 186. The van der Waals surface area contributed by atoms with Crippen LogP contribution < -0.4 is 5.73 Å². The second kappa shape index (κ2) is 5.35. The summed E-state index contributed by atoms with van der Waals surface area (Å²) in [5.41, 5.74) is 5.82. The second-order valence-electron chi connectivity index (χ2n) is 4.39. The van der Waals surface area contributed by atoms with E-state index in [1.807, 2.05) is 14.0 Å². The lowest BCUT2D eigenvalue weighted by molar-refractivity contribution is -0.130. The summed E-state index contributed by atoms with van der Waals surface area (Å²) in [6.45, 7) is 2.82. The standard InChI is InChI=1S/C11H22N2O/c1-3-13(2)11(14)8-9-4-6-10(12)7-5-9/h9-10H,3-8,12H2,1-2H3. The molecule has 0 bridgehead atoms. The Hall–Kier alpha value is -0.570. The number of amides is 1. The van der Waals surface area contributed by atoms with Crippen LogP contribution in [0.4, 0.5) is 0 Å². The lowest BCUT2D eigenvalue weighted by Gasteiger charge is -2.27. The minimum absolute atomic E-state index is 0.285. The van der Waals surface area contributed by atoms with Crippen molar-refractivity contribution in [3.05, 3.63) is 0 Å². The number of nitrogens with zero attached hydrogens (tertiary/aromatic N) is 1. The third-order valence-corrected chi connectivity index (χ3v) is 3.25. The van der Waals surface area contributed by atoms with Crippen LogP contribution in [0.5, 0.6) is 0 Å². The summed E-state index contributed by atoms with van der Waals surface area (Å²) in [5, 5.41) is 0. The summed E-state index contributed by atoms with van der Waals surface area (Å²) in [7, 11) is 1.87. The van der Waals surface area contributed by atoms with Gasteiger partial charge >= 0.3 is 0 Å². The average molecular weight is 198 g/mol. The fourth-order valence-electron chi connectivity index (χ4n) is 1.97. The molecule has 1 rings (SSSR count). The summed E-state index contributed by atoms with van der Waals surface area (Å²) in [6.07, 6.45) is 5.16. The van der Waals surface area contributed by atoms with Crippen LogP contribution in [0.15, 0.2) is 0 Å². The van der Waals surface area contributed by atoms with Crippen LogP contribution in [0, 0.1) is 5.92 Å². The van der Waals surface area contributed by atoms with Gasteiger partial charge in [0.1, 0.15) is 0 Å².